The molecule has 1 fully saturated rings. The Morgan fingerprint density at radius 3 is 2.38 bits per heavy atom. The van der Waals surface area contributed by atoms with E-state index < -0.39 is 0 Å². The van der Waals surface area contributed by atoms with Crippen molar-refractivity contribution < 1.29 is 4.39 Å². The largest absolute Gasteiger partial charge is 0.316 e. The molecule has 1 aliphatic carbocycles. The minimum Gasteiger partial charge on any atom is -0.316 e. The van der Waals surface area contributed by atoms with E-state index in [0.717, 1.165) is 37.9 Å². The summed E-state index contributed by atoms with van der Waals surface area (Å²) in [4.78, 5) is 0. The summed E-state index contributed by atoms with van der Waals surface area (Å²) in [7, 11) is 0. The third-order valence-corrected chi connectivity index (χ3v) is 5.63. The van der Waals surface area contributed by atoms with E-state index in [1.54, 1.807) is 6.07 Å². The third kappa shape index (κ3) is 3.27. The first kappa shape index (κ1) is 16.8. The van der Waals surface area contributed by atoms with Gasteiger partial charge in [0.1, 0.15) is 5.82 Å². The molecule has 3 heteroatoms. The number of rotatable bonds is 7. The van der Waals surface area contributed by atoms with Crippen LogP contribution in [0, 0.1) is 11.2 Å². The Morgan fingerprint density at radius 1 is 1.19 bits per heavy atom. The van der Waals surface area contributed by atoms with Gasteiger partial charge in [0.05, 0.1) is 0 Å². The molecule has 118 valence electrons. The van der Waals surface area contributed by atoms with Crippen LogP contribution in [-0.2, 0) is 5.41 Å². The van der Waals surface area contributed by atoms with Crippen LogP contribution in [0.2, 0.25) is 5.02 Å². The van der Waals surface area contributed by atoms with Gasteiger partial charge in [0.2, 0.25) is 0 Å². The lowest BCUT2D eigenvalue weighted by Crippen LogP contribution is -2.54. The van der Waals surface area contributed by atoms with Gasteiger partial charge < -0.3 is 5.32 Å². The molecule has 0 spiro atoms. The lowest BCUT2D eigenvalue weighted by molar-refractivity contribution is 0.0130. The van der Waals surface area contributed by atoms with E-state index in [-0.39, 0.29) is 11.2 Å². The van der Waals surface area contributed by atoms with Gasteiger partial charge in [-0.15, -0.1) is 0 Å². The molecular weight excluding hydrogens is 285 g/mol. The Balaban J connectivity index is 2.25. The molecule has 0 atom stereocenters. The molecule has 1 nitrogen and oxygen atoms in total. The lowest BCUT2D eigenvalue weighted by Gasteiger charge is -2.57. The zero-order chi connectivity index (χ0) is 15.5. The maximum Gasteiger partial charge on any atom is 0.124 e. The van der Waals surface area contributed by atoms with Gasteiger partial charge in [0, 0.05) is 17.0 Å². The van der Waals surface area contributed by atoms with E-state index in [1.165, 1.54) is 18.9 Å². The average Bonchev–Trinajstić information content (AvgIpc) is 2.42. The summed E-state index contributed by atoms with van der Waals surface area (Å²) in [6.07, 6.45) is 5.83. The van der Waals surface area contributed by atoms with Crippen molar-refractivity contribution in [2.24, 2.45) is 5.41 Å². The normalized spacial score (nSPS) is 19.3. The highest BCUT2D eigenvalue weighted by atomic mass is 35.5. The topological polar surface area (TPSA) is 12.0 Å². The standard InChI is InChI=1S/C18H27ClFN/c1-4-9-21-13-18(11-17(5-2,6-3)12-18)15-8-7-14(20)10-16(15)19/h7-8,10,21H,4-6,9,11-13H2,1-3H3. The Bertz CT molecular complexity index is 474. The number of benzene rings is 1. The summed E-state index contributed by atoms with van der Waals surface area (Å²) in [5, 5.41) is 4.13. The third-order valence-electron chi connectivity index (χ3n) is 5.32. The summed E-state index contributed by atoms with van der Waals surface area (Å²) < 4.78 is 13.3. The van der Waals surface area contributed by atoms with E-state index in [0.29, 0.717) is 10.4 Å². The lowest BCUT2D eigenvalue weighted by atomic mass is 9.48. The number of hydrogen-bond donors (Lipinski definition) is 1. The fraction of sp³-hybridized carbons (Fsp3) is 0.667. The summed E-state index contributed by atoms with van der Waals surface area (Å²) in [6.45, 7) is 8.69. The van der Waals surface area contributed by atoms with Gasteiger partial charge in [-0.3, -0.25) is 0 Å². The van der Waals surface area contributed by atoms with Crippen molar-refractivity contribution in [3.05, 3.63) is 34.6 Å². The fourth-order valence-corrected chi connectivity index (χ4v) is 4.34. The van der Waals surface area contributed by atoms with Gasteiger partial charge >= 0.3 is 0 Å². The average molecular weight is 312 g/mol. The summed E-state index contributed by atoms with van der Waals surface area (Å²) >= 11 is 6.35. The highest BCUT2D eigenvalue weighted by molar-refractivity contribution is 6.31. The molecule has 0 bridgehead atoms. The maximum atomic E-state index is 13.3. The number of nitrogens with one attached hydrogen (secondary N) is 1. The fourth-order valence-electron chi connectivity index (χ4n) is 3.97. The Labute approximate surface area is 133 Å². The van der Waals surface area contributed by atoms with Gasteiger partial charge in [0.15, 0.2) is 0 Å². The van der Waals surface area contributed by atoms with Crippen molar-refractivity contribution in [3.8, 4) is 0 Å². The Kier molecular flexibility index (Phi) is 5.32. The second-order valence-corrected chi connectivity index (χ2v) is 7.05. The highest BCUT2D eigenvalue weighted by Crippen LogP contribution is 2.59. The molecule has 21 heavy (non-hydrogen) atoms. The van der Waals surface area contributed by atoms with Crippen molar-refractivity contribution in [2.45, 2.75) is 58.3 Å². The molecule has 0 aliphatic heterocycles. The molecule has 0 heterocycles. The van der Waals surface area contributed by atoms with E-state index >= 15 is 0 Å². The van der Waals surface area contributed by atoms with E-state index in [4.69, 9.17) is 11.6 Å². The molecule has 0 aromatic heterocycles. The zero-order valence-corrected chi connectivity index (χ0v) is 14.2. The van der Waals surface area contributed by atoms with Gasteiger partial charge in [-0.1, -0.05) is 51.3 Å². The van der Waals surface area contributed by atoms with Crippen LogP contribution in [0.1, 0.15) is 58.4 Å². The van der Waals surface area contributed by atoms with Crippen LogP contribution < -0.4 is 5.32 Å². The molecular formula is C18H27ClFN. The van der Waals surface area contributed by atoms with E-state index in [1.807, 2.05) is 6.07 Å². The maximum absolute atomic E-state index is 13.3. The monoisotopic (exact) mass is 311 g/mol. The smallest absolute Gasteiger partial charge is 0.124 e. The summed E-state index contributed by atoms with van der Waals surface area (Å²) in [6, 6.07) is 4.89. The molecule has 1 N–H and O–H groups in total. The molecule has 0 saturated heterocycles. The molecule has 0 unspecified atom stereocenters. The van der Waals surface area contributed by atoms with Gasteiger partial charge in [0.25, 0.3) is 0 Å². The Morgan fingerprint density at radius 2 is 1.86 bits per heavy atom. The number of halogens is 2. The van der Waals surface area contributed by atoms with Crippen LogP contribution >= 0.6 is 11.6 Å². The number of hydrogen-bond acceptors (Lipinski definition) is 1. The van der Waals surface area contributed by atoms with Crippen LogP contribution in [0.5, 0.6) is 0 Å². The van der Waals surface area contributed by atoms with Crippen LogP contribution in [0.3, 0.4) is 0 Å². The first-order valence-electron chi connectivity index (χ1n) is 8.17. The zero-order valence-electron chi connectivity index (χ0n) is 13.4. The van der Waals surface area contributed by atoms with Crippen molar-refractivity contribution in [2.75, 3.05) is 13.1 Å². The van der Waals surface area contributed by atoms with Crippen LogP contribution in [-0.4, -0.2) is 13.1 Å². The van der Waals surface area contributed by atoms with Crippen molar-refractivity contribution >= 4 is 11.6 Å². The molecule has 1 aromatic rings. The molecule has 2 rings (SSSR count). The van der Waals surface area contributed by atoms with Crippen LogP contribution in [0.15, 0.2) is 18.2 Å². The molecule has 1 saturated carbocycles. The summed E-state index contributed by atoms with van der Waals surface area (Å²) in [5.74, 6) is -0.253. The van der Waals surface area contributed by atoms with Crippen LogP contribution in [0.4, 0.5) is 4.39 Å². The van der Waals surface area contributed by atoms with Gasteiger partial charge in [-0.2, -0.15) is 0 Å². The second-order valence-electron chi connectivity index (χ2n) is 6.64. The first-order chi connectivity index (χ1) is 10.0. The molecule has 0 amide bonds. The van der Waals surface area contributed by atoms with E-state index in [9.17, 15) is 4.39 Å². The second kappa shape index (κ2) is 6.66. The first-order valence-corrected chi connectivity index (χ1v) is 8.55. The van der Waals surface area contributed by atoms with Crippen molar-refractivity contribution in [3.63, 3.8) is 0 Å². The quantitative estimate of drug-likeness (QED) is 0.672. The minimum atomic E-state index is -0.253. The van der Waals surface area contributed by atoms with Gasteiger partial charge in [-0.25, -0.2) is 4.39 Å². The Hall–Kier alpha value is -0.600. The van der Waals surface area contributed by atoms with Crippen LogP contribution in [0.25, 0.3) is 0 Å². The van der Waals surface area contributed by atoms with E-state index in [2.05, 4.69) is 26.1 Å². The molecule has 1 aliphatic rings. The van der Waals surface area contributed by atoms with Crippen molar-refractivity contribution in [1.29, 1.82) is 0 Å². The van der Waals surface area contributed by atoms with Gasteiger partial charge in [-0.05, 0) is 48.9 Å². The molecule has 0 radical (unpaired) electrons. The SMILES string of the molecule is CCCNCC1(c2ccc(F)cc2Cl)CC(CC)(CC)C1. The molecule has 1 aromatic carbocycles. The predicted molar refractivity (Wildman–Crippen MR) is 88.5 cm³/mol. The van der Waals surface area contributed by atoms with Crippen molar-refractivity contribution in [1.82, 2.24) is 5.32 Å². The highest BCUT2D eigenvalue weighted by Gasteiger charge is 2.53. The minimum absolute atomic E-state index is 0.0754. The summed E-state index contributed by atoms with van der Waals surface area (Å²) in [5.41, 5.74) is 1.63. The predicted octanol–water partition coefficient (Wildman–Crippen LogP) is 5.32.